The van der Waals surface area contributed by atoms with E-state index in [1.807, 2.05) is 0 Å². The fourth-order valence-corrected chi connectivity index (χ4v) is 2.48. The number of halogens is 4. The van der Waals surface area contributed by atoms with Crippen molar-refractivity contribution in [2.24, 2.45) is 0 Å². The predicted molar refractivity (Wildman–Crippen MR) is 64.4 cm³/mol. The van der Waals surface area contributed by atoms with Crippen LogP contribution in [0.15, 0.2) is 29.6 Å². The van der Waals surface area contributed by atoms with Crippen molar-refractivity contribution >= 4 is 11.3 Å². The second-order valence-electron chi connectivity index (χ2n) is 4.07. The van der Waals surface area contributed by atoms with Gasteiger partial charge in [0.15, 0.2) is 0 Å². The molecule has 0 aliphatic heterocycles. The van der Waals surface area contributed by atoms with Crippen molar-refractivity contribution in [1.29, 1.82) is 0 Å². The minimum Gasteiger partial charge on any atom is -0.391 e. The summed E-state index contributed by atoms with van der Waals surface area (Å²) < 4.78 is 50.5. The minimum atomic E-state index is -4.67. The van der Waals surface area contributed by atoms with Gasteiger partial charge in [-0.15, -0.1) is 11.3 Å². The average Bonchev–Trinajstić information content (AvgIpc) is 2.75. The lowest BCUT2D eigenvalue weighted by Crippen LogP contribution is -2.08. The van der Waals surface area contributed by atoms with E-state index < -0.39 is 17.6 Å². The van der Waals surface area contributed by atoms with Crippen LogP contribution in [-0.2, 0) is 19.2 Å². The normalized spacial score (nSPS) is 11.8. The summed E-state index contributed by atoms with van der Waals surface area (Å²) in [5.41, 5.74) is 0.0543. The topological polar surface area (TPSA) is 20.2 Å². The molecule has 0 saturated carbocycles. The van der Waals surface area contributed by atoms with Crippen LogP contribution < -0.4 is 0 Å². The second-order valence-corrected chi connectivity index (χ2v) is 5.06. The van der Waals surface area contributed by atoms with Crippen LogP contribution in [0.4, 0.5) is 17.6 Å². The van der Waals surface area contributed by atoms with Crippen molar-refractivity contribution in [2.75, 3.05) is 0 Å². The van der Waals surface area contributed by atoms with Crippen LogP contribution in [0.1, 0.15) is 21.6 Å². The molecular weight excluding hydrogens is 280 g/mol. The van der Waals surface area contributed by atoms with Crippen molar-refractivity contribution in [3.05, 3.63) is 57.0 Å². The van der Waals surface area contributed by atoms with E-state index in [0.717, 1.165) is 22.6 Å². The average molecular weight is 290 g/mol. The molecule has 0 aliphatic carbocycles. The smallest absolute Gasteiger partial charge is 0.391 e. The lowest BCUT2D eigenvalue weighted by atomic mass is 10.0. The molecule has 19 heavy (non-hydrogen) atoms. The number of benzene rings is 1. The Hall–Kier alpha value is -1.40. The first-order valence-corrected chi connectivity index (χ1v) is 6.31. The van der Waals surface area contributed by atoms with Gasteiger partial charge < -0.3 is 5.11 Å². The molecule has 0 atom stereocenters. The Balaban J connectivity index is 2.20. The molecule has 1 aromatic carbocycles. The number of alkyl halides is 3. The summed E-state index contributed by atoms with van der Waals surface area (Å²) in [4.78, 5) is 0.766. The van der Waals surface area contributed by atoms with Gasteiger partial charge in [-0.25, -0.2) is 4.39 Å². The van der Waals surface area contributed by atoms with Gasteiger partial charge in [0, 0.05) is 4.88 Å². The Kier molecular flexibility index (Phi) is 3.91. The van der Waals surface area contributed by atoms with Crippen molar-refractivity contribution in [3.63, 3.8) is 0 Å². The first-order chi connectivity index (χ1) is 8.90. The van der Waals surface area contributed by atoms with Crippen molar-refractivity contribution in [3.8, 4) is 0 Å². The number of hydrogen-bond donors (Lipinski definition) is 1. The van der Waals surface area contributed by atoms with E-state index in [0.29, 0.717) is 12.0 Å². The van der Waals surface area contributed by atoms with Gasteiger partial charge in [-0.2, -0.15) is 13.2 Å². The summed E-state index contributed by atoms with van der Waals surface area (Å²) >= 11 is 1.36. The summed E-state index contributed by atoms with van der Waals surface area (Å²) in [7, 11) is 0. The van der Waals surface area contributed by atoms with Crippen LogP contribution in [0.25, 0.3) is 0 Å². The van der Waals surface area contributed by atoms with Gasteiger partial charge in [0.25, 0.3) is 0 Å². The summed E-state index contributed by atoms with van der Waals surface area (Å²) in [6.45, 7) is -0.0773. The lowest BCUT2D eigenvalue weighted by Gasteiger charge is -2.09. The molecular formula is C13H10F4OS. The third-order valence-corrected chi connectivity index (χ3v) is 3.58. The molecule has 0 radical (unpaired) electrons. The minimum absolute atomic E-state index is 0.0773. The largest absolute Gasteiger partial charge is 0.419 e. The van der Waals surface area contributed by atoms with Gasteiger partial charge in [0.2, 0.25) is 0 Å². The van der Waals surface area contributed by atoms with Crippen molar-refractivity contribution in [2.45, 2.75) is 19.2 Å². The monoisotopic (exact) mass is 290 g/mol. The maximum absolute atomic E-state index is 13.4. The summed E-state index contributed by atoms with van der Waals surface area (Å²) in [6.07, 6.45) is -4.33. The standard InChI is InChI=1S/C13H10F4OS/c14-12-5-8(1-2-11(12)13(15,16)17)3-9-4-10(6-18)19-7-9/h1-2,4-5,7,18H,3,6H2. The maximum Gasteiger partial charge on any atom is 0.419 e. The third-order valence-electron chi connectivity index (χ3n) is 2.61. The van der Waals surface area contributed by atoms with Gasteiger partial charge in [-0.05, 0) is 41.1 Å². The van der Waals surface area contributed by atoms with Crippen LogP contribution >= 0.6 is 11.3 Å². The van der Waals surface area contributed by atoms with Crippen LogP contribution in [0.3, 0.4) is 0 Å². The van der Waals surface area contributed by atoms with Crippen LogP contribution in [0.2, 0.25) is 0 Å². The van der Waals surface area contributed by atoms with Gasteiger partial charge in [0.1, 0.15) is 5.82 Å². The van der Waals surface area contributed by atoms with E-state index in [4.69, 9.17) is 5.11 Å². The SMILES string of the molecule is OCc1cc(Cc2ccc(C(F)(F)F)c(F)c2)cs1. The first-order valence-electron chi connectivity index (χ1n) is 5.43. The lowest BCUT2D eigenvalue weighted by molar-refractivity contribution is -0.140. The number of hydrogen-bond acceptors (Lipinski definition) is 2. The maximum atomic E-state index is 13.4. The van der Waals surface area contributed by atoms with Gasteiger partial charge in [0.05, 0.1) is 12.2 Å². The molecule has 2 aromatic rings. The second kappa shape index (κ2) is 5.30. The van der Waals surface area contributed by atoms with E-state index in [1.54, 1.807) is 11.4 Å². The molecule has 1 nitrogen and oxygen atoms in total. The molecule has 0 unspecified atom stereocenters. The fraction of sp³-hybridized carbons (Fsp3) is 0.231. The highest BCUT2D eigenvalue weighted by atomic mass is 32.1. The van der Waals surface area contributed by atoms with E-state index >= 15 is 0 Å². The van der Waals surface area contributed by atoms with Gasteiger partial charge >= 0.3 is 6.18 Å². The first kappa shape index (κ1) is 14.0. The predicted octanol–water partition coefficient (Wildman–Crippen LogP) is 3.99. The zero-order valence-electron chi connectivity index (χ0n) is 9.67. The molecule has 0 spiro atoms. The zero-order chi connectivity index (χ0) is 14.0. The molecule has 0 saturated heterocycles. The number of aliphatic hydroxyl groups is 1. The van der Waals surface area contributed by atoms with Crippen LogP contribution in [0, 0.1) is 5.82 Å². The molecule has 1 aromatic heterocycles. The highest BCUT2D eigenvalue weighted by molar-refractivity contribution is 7.10. The van der Waals surface area contributed by atoms with Crippen molar-refractivity contribution in [1.82, 2.24) is 0 Å². The molecule has 2 rings (SSSR count). The van der Waals surface area contributed by atoms with Gasteiger partial charge in [-0.3, -0.25) is 0 Å². The number of thiophene rings is 1. The zero-order valence-corrected chi connectivity index (χ0v) is 10.5. The van der Waals surface area contributed by atoms with E-state index in [9.17, 15) is 17.6 Å². The van der Waals surface area contributed by atoms with E-state index in [1.165, 1.54) is 17.4 Å². The molecule has 0 bridgehead atoms. The van der Waals surface area contributed by atoms with Crippen LogP contribution in [0.5, 0.6) is 0 Å². The molecule has 0 amide bonds. The Bertz CT molecular complexity index is 574. The van der Waals surface area contributed by atoms with Crippen molar-refractivity contribution < 1.29 is 22.7 Å². The number of aliphatic hydroxyl groups excluding tert-OH is 1. The summed E-state index contributed by atoms with van der Waals surface area (Å²) in [5, 5.41) is 10.7. The molecule has 1 heterocycles. The Morgan fingerprint density at radius 1 is 1.11 bits per heavy atom. The molecule has 0 aliphatic rings. The van der Waals surface area contributed by atoms with Gasteiger partial charge in [-0.1, -0.05) is 6.07 Å². The third kappa shape index (κ3) is 3.33. The highest BCUT2D eigenvalue weighted by Crippen LogP contribution is 2.32. The van der Waals surface area contributed by atoms with E-state index in [2.05, 4.69) is 0 Å². The molecule has 102 valence electrons. The summed E-state index contributed by atoms with van der Waals surface area (Å²) in [6, 6.07) is 4.67. The Morgan fingerprint density at radius 3 is 2.37 bits per heavy atom. The Morgan fingerprint density at radius 2 is 1.84 bits per heavy atom. The molecule has 0 fully saturated rings. The molecule has 6 heteroatoms. The highest BCUT2D eigenvalue weighted by Gasteiger charge is 2.33. The quantitative estimate of drug-likeness (QED) is 0.847. The van der Waals surface area contributed by atoms with Crippen LogP contribution in [-0.4, -0.2) is 5.11 Å². The summed E-state index contributed by atoms with van der Waals surface area (Å²) in [5.74, 6) is -1.26. The fourth-order valence-electron chi connectivity index (χ4n) is 1.74. The van der Waals surface area contributed by atoms with E-state index in [-0.39, 0.29) is 6.61 Å². The molecule has 1 N–H and O–H groups in total. The Labute approximate surface area is 111 Å². The number of rotatable bonds is 3.